The lowest BCUT2D eigenvalue weighted by atomic mass is 9.82. The molecular weight excluding hydrogens is 260 g/mol. The van der Waals surface area contributed by atoms with Crippen molar-refractivity contribution in [3.05, 3.63) is 0 Å². The smallest absolute Gasteiger partial charge is 0.0702 e. The van der Waals surface area contributed by atoms with Crippen LogP contribution in [-0.2, 0) is 4.74 Å². The van der Waals surface area contributed by atoms with E-state index in [1.165, 1.54) is 77.4 Å². The SMILES string of the molecule is C1CCC(C2CN(CC3CCCO3)C(C3CC3)CN2)CC1. The Hall–Kier alpha value is -0.120. The predicted molar refractivity (Wildman–Crippen MR) is 85.4 cm³/mol. The molecule has 120 valence electrons. The van der Waals surface area contributed by atoms with Crippen LogP contribution in [0.1, 0.15) is 57.8 Å². The summed E-state index contributed by atoms with van der Waals surface area (Å²) in [7, 11) is 0. The normalized spacial score (nSPS) is 39.7. The molecule has 2 aliphatic heterocycles. The first-order valence-electron chi connectivity index (χ1n) is 9.49. The largest absolute Gasteiger partial charge is 0.377 e. The highest BCUT2D eigenvalue weighted by atomic mass is 16.5. The summed E-state index contributed by atoms with van der Waals surface area (Å²) in [6.07, 6.45) is 13.3. The van der Waals surface area contributed by atoms with Gasteiger partial charge < -0.3 is 10.1 Å². The van der Waals surface area contributed by atoms with Gasteiger partial charge in [0.05, 0.1) is 6.10 Å². The van der Waals surface area contributed by atoms with Gasteiger partial charge in [0.15, 0.2) is 0 Å². The Labute approximate surface area is 129 Å². The lowest BCUT2D eigenvalue weighted by Crippen LogP contribution is -2.60. The van der Waals surface area contributed by atoms with E-state index < -0.39 is 0 Å². The van der Waals surface area contributed by atoms with Crippen LogP contribution in [0, 0.1) is 11.8 Å². The number of piperazine rings is 1. The molecule has 2 saturated carbocycles. The highest BCUT2D eigenvalue weighted by Gasteiger charge is 2.41. The minimum atomic E-state index is 0.524. The van der Waals surface area contributed by atoms with E-state index in [4.69, 9.17) is 4.74 Å². The maximum Gasteiger partial charge on any atom is 0.0702 e. The monoisotopic (exact) mass is 292 g/mol. The third-order valence-electron chi connectivity index (χ3n) is 6.34. The van der Waals surface area contributed by atoms with Crippen LogP contribution in [0.2, 0.25) is 0 Å². The Morgan fingerprint density at radius 1 is 0.905 bits per heavy atom. The molecule has 0 amide bonds. The minimum Gasteiger partial charge on any atom is -0.377 e. The van der Waals surface area contributed by atoms with E-state index >= 15 is 0 Å². The molecule has 21 heavy (non-hydrogen) atoms. The zero-order valence-corrected chi connectivity index (χ0v) is 13.4. The van der Waals surface area contributed by atoms with E-state index in [1.807, 2.05) is 0 Å². The van der Waals surface area contributed by atoms with Crippen molar-refractivity contribution < 1.29 is 4.74 Å². The summed E-state index contributed by atoms with van der Waals surface area (Å²) in [5, 5.41) is 3.93. The molecule has 0 aromatic heterocycles. The molecule has 0 bridgehead atoms. The molecule has 1 N–H and O–H groups in total. The van der Waals surface area contributed by atoms with Crippen molar-refractivity contribution in [2.45, 2.75) is 76.0 Å². The highest BCUT2D eigenvalue weighted by molar-refractivity contribution is 4.97. The van der Waals surface area contributed by atoms with Gasteiger partial charge >= 0.3 is 0 Å². The van der Waals surface area contributed by atoms with E-state index in [9.17, 15) is 0 Å². The highest BCUT2D eigenvalue weighted by Crippen LogP contribution is 2.38. The number of ether oxygens (including phenoxy) is 1. The van der Waals surface area contributed by atoms with E-state index in [-0.39, 0.29) is 0 Å². The number of nitrogens with zero attached hydrogens (tertiary/aromatic N) is 1. The first-order chi connectivity index (χ1) is 10.4. The van der Waals surface area contributed by atoms with Crippen LogP contribution in [0.25, 0.3) is 0 Å². The second-order valence-corrected chi connectivity index (χ2v) is 7.91. The number of hydrogen-bond donors (Lipinski definition) is 1. The molecule has 4 aliphatic rings. The van der Waals surface area contributed by atoms with Crippen molar-refractivity contribution in [2.75, 3.05) is 26.2 Å². The Morgan fingerprint density at radius 3 is 2.48 bits per heavy atom. The summed E-state index contributed by atoms with van der Waals surface area (Å²) in [5.41, 5.74) is 0. The molecule has 0 aromatic rings. The maximum atomic E-state index is 5.92. The molecule has 0 radical (unpaired) electrons. The third-order valence-corrected chi connectivity index (χ3v) is 6.34. The summed E-state index contributed by atoms with van der Waals surface area (Å²) < 4.78 is 5.92. The fourth-order valence-electron chi connectivity index (χ4n) is 4.91. The van der Waals surface area contributed by atoms with Crippen LogP contribution >= 0.6 is 0 Å². The van der Waals surface area contributed by atoms with Crippen LogP contribution < -0.4 is 5.32 Å². The fourth-order valence-corrected chi connectivity index (χ4v) is 4.91. The number of rotatable bonds is 4. The lowest BCUT2D eigenvalue weighted by Gasteiger charge is -2.45. The van der Waals surface area contributed by atoms with E-state index in [0.29, 0.717) is 6.10 Å². The summed E-state index contributed by atoms with van der Waals surface area (Å²) in [4.78, 5) is 2.82. The van der Waals surface area contributed by atoms with Crippen molar-refractivity contribution in [3.8, 4) is 0 Å². The van der Waals surface area contributed by atoms with E-state index in [0.717, 1.165) is 30.5 Å². The summed E-state index contributed by atoms with van der Waals surface area (Å²) in [6, 6.07) is 1.55. The van der Waals surface area contributed by atoms with Gasteiger partial charge in [-0.15, -0.1) is 0 Å². The molecular formula is C18H32N2O. The molecule has 2 saturated heterocycles. The molecule has 4 rings (SSSR count). The predicted octanol–water partition coefficient (Wildman–Crippen LogP) is 2.80. The van der Waals surface area contributed by atoms with Gasteiger partial charge in [0, 0.05) is 38.3 Å². The topological polar surface area (TPSA) is 24.5 Å². The van der Waals surface area contributed by atoms with E-state index in [2.05, 4.69) is 10.2 Å². The third kappa shape index (κ3) is 3.46. The minimum absolute atomic E-state index is 0.524. The molecule has 3 heteroatoms. The van der Waals surface area contributed by atoms with Crippen molar-refractivity contribution in [1.82, 2.24) is 10.2 Å². The molecule has 3 unspecified atom stereocenters. The molecule has 3 atom stereocenters. The van der Waals surface area contributed by atoms with Gasteiger partial charge in [-0.3, -0.25) is 4.90 Å². The average Bonchev–Trinajstić information content (AvgIpc) is 3.25. The summed E-state index contributed by atoms with van der Waals surface area (Å²) in [6.45, 7) is 4.72. The second kappa shape index (κ2) is 6.55. The van der Waals surface area contributed by atoms with Crippen LogP contribution in [0.5, 0.6) is 0 Å². The Morgan fingerprint density at radius 2 is 1.76 bits per heavy atom. The maximum absolute atomic E-state index is 5.92. The van der Waals surface area contributed by atoms with Gasteiger partial charge in [-0.2, -0.15) is 0 Å². The van der Waals surface area contributed by atoms with E-state index in [1.54, 1.807) is 0 Å². The fraction of sp³-hybridized carbons (Fsp3) is 1.00. The van der Waals surface area contributed by atoms with Crippen molar-refractivity contribution in [3.63, 3.8) is 0 Å². The van der Waals surface area contributed by atoms with Gasteiger partial charge in [0.1, 0.15) is 0 Å². The van der Waals surface area contributed by atoms with Crippen molar-refractivity contribution in [2.24, 2.45) is 11.8 Å². The molecule has 2 heterocycles. The van der Waals surface area contributed by atoms with Crippen LogP contribution in [-0.4, -0.2) is 49.3 Å². The van der Waals surface area contributed by atoms with Crippen molar-refractivity contribution in [1.29, 1.82) is 0 Å². The zero-order chi connectivity index (χ0) is 14.1. The van der Waals surface area contributed by atoms with Crippen LogP contribution in [0.4, 0.5) is 0 Å². The zero-order valence-electron chi connectivity index (χ0n) is 13.4. The van der Waals surface area contributed by atoms with Gasteiger partial charge in [-0.25, -0.2) is 0 Å². The van der Waals surface area contributed by atoms with Crippen molar-refractivity contribution >= 4 is 0 Å². The molecule has 4 fully saturated rings. The van der Waals surface area contributed by atoms with Crippen LogP contribution in [0.15, 0.2) is 0 Å². The first-order valence-corrected chi connectivity index (χ1v) is 9.49. The Bertz CT molecular complexity index is 332. The lowest BCUT2D eigenvalue weighted by molar-refractivity contribution is 0.0235. The summed E-state index contributed by atoms with van der Waals surface area (Å²) >= 11 is 0. The summed E-state index contributed by atoms with van der Waals surface area (Å²) in [5.74, 6) is 1.91. The molecule has 0 aromatic carbocycles. The standard InChI is InChI=1S/C18H32N2O/c1-2-5-14(6-3-1)17-13-20(12-16-7-4-10-21-16)18(11-19-17)15-8-9-15/h14-19H,1-13H2. The van der Waals surface area contributed by atoms with Crippen LogP contribution in [0.3, 0.4) is 0 Å². The van der Waals surface area contributed by atoms with Gasteiger partial charge in [-0.05, 0) is 50.4 Å². The van der Waals surface area contributed by atoms with Gasteiger partial charge in [0.2, 0.25) is 0 Å². The van der Waals surface area contributed by atoms with Gasteiger partial charge in [-0.1, -0.05) is 19.3 Å². The number of hydrogen-bond acceptors (Lipinski definition) is 3. The molecule has 3 nitrogen and oxygen atoms in total. The first kappa shape index (κ1) is 14.5. The average molecular weight is 292 g/mol. The molecule has 2 aliphatic carbocycles. The second-order valence-electron chi connectivity index (χ2n) is 7.91. The number of nitrogens with one attached hydrogen (secondary N) is 1. The quantitative estimate of drug-likeness (QED) is 0.862. The Kier molecular flexibility index (Phi) is 4.52. The Balaban J connectivity index is 1.38. The van der Waals surface area contributed by atoms with Gasteiger partial charge in [0.25, 0.3) is 0 Å². The molecule has 0 spiro atoms.